The fourth-order valence-electron chi connectivity index (χ4n) is 3.42. The first-order valence-electron chi connectivity index (χ1n) is 11.4. The number of hydrogen-bond acceptors (Lipinski definition) is 6. The monoisotopic (exact) mass is 562 g/mol. The number of carbonyl (C=O) groups excluding carboxylic acids is 3. The average Bonchev–Trinajstić information content (AvgIpc) is 2.83. The molecule has 0 unspecified atom stereocenters. The lowest BCUT2D eigenvalue weighted by Gasteiger charge is -2.18. The number of anilines is 2. The Kier molecular flexibility index (Phi) is 8.46. The third-order valence-electron chi connectivity index (χ3n) is 5.08. The van der Waals surface area contributed by atoms with Crippen LogP contribution in [0.15, 0.2) is 60.7 Å². The maximum Gasteiger partial charge on any atom is 0.517 e. The van der Waals surface area contributed by atoms with Crippen LogP contribution in [-0.2, 0) is 15.7 Å². The molecule has 0 radical (unpaired) electrons. The number of nitrogens with one attached hydrogen (secondary N) is 2. The molecule has 0 aliphatic heterocycles. The van der Waals surface area contributed by atoms with Crippen LogP contribution in [0.4, 0.5) is 38.5 Å². The molecule has 0 fully saturated rings. The van der Waals surface area contributed by atoms with Crippen molar-refractivity contribution in [2.45, 2.75) is 32.5 Å². The largest absolute Gasteiger partial charge is 0.517 e. The highest BCUT2D eigenvalue weighted by Crippen LogP contribution is 2.32. The van der Waals surface area contributed by atoms with Gasteiger partial charge in [-0.3, -0.25) is 10.1 Å². The number of carboxylic acid groups (broad SMARTS) is 1. The SMILES string of the molecule is CC(C)(C)OC(=O)OC(=O)Nc1ccc(-c2cccc(C(=O)Nc3ccc(C(F)(F)F)cc3F)c2C(=O)O)cc1. The Balaban J connectivity index is 1.82. The summed E-state index contributed by atoms with van der Waals surface area (Å²) in [7, 11) is 0. The van der Waals surface area contributed by atoms with Crippen molar-refractivity contribution < 1.29 is 51.3 Å². The summed E-state index contributed by atoms with van der Waals surface area (Å²) in [5, 5.41) is 14.2. The maximum absolute atomic E-state index is 14.2. The Labute approximate surface area is 224 Å². The minimum Gasteiger partial charge on any atom is -0.478 e. The van der Waals surface area contributed by atoms with E-state index in [1.165, 1.54) is 36.4 Å². The van der Waals surface area contributed by atoms with Gasteiger partial charge >= 0.3 is 24.4 Å². The highest BCUT2D eigenvalue weighted by Gasteiger charge is 2.31. The van der Waals surface area contributed by atoms with E-state index in [1.807, 2.05) is 0 Å². The average molecular weight is 562 g/mol. The van der Waals surface area contributed by atoms with Crippen LogP contribution in [0.2, 0.25) is 0 Å². The normalized spacial score (nSPS) is 11.4. The summed E-state index contributed by atoms with van der Waals surface area (Å²) in [4.78, 5) is 48.5. The van der Waals surface area contributed by atoms with Crippen molar-refractivity contribution in [2.24, 2.45) is 0 Å². The van der Waals surface area contributed by atoms with Gasteiger partial charge in [0.25, 0.3) is 5.91 Å². The number of carbonyl (C=O) groups is 4. The first-order chi connectivity index (χ1) is 18.5. The van der Waals surface area contributed by atoms with E-state index in [0.29, 0.717) is 11.6 Å². The highest BCUT2D eigenvalue weighted by atomic mass is 19.4. The molecule has 0 aromatic heterocycles. The molecule has 9 nitrogen and oxygen atoms in total. The molecule has 40 heavy (non-hydrogen) atoms. The Morgan fingerprint density at radius 2 is 1.52 bits per heavy atom. The molecule has 3 N–H and O–H groups in total. The summed E-state index contributed by atoms with van der Waals surface area (Å²) in [6.45, 7) is 4.76. The van der Waals surface area contributed by atoms with Crippen molar-refractivity contribution in [2.75, 3.05) is 10.6 Å². The molecule has 0 heterocycles. The third-order valence-corrected chi connectivity index (χ3v) is 5.08. The van der Waals surface area contributed by atoms with E-state index in [0.717, 1.165) is 12.1 Å². The van der Waals surface area contributed by atoms with Crippen LogP contribution in [0, 0.1) is 5.82 Å². The number of rotatable bonds is 5. The Bertz CT molecular complexity index is 1460. The summed E-state index contributed by atoms with van der Waals surface area (Å²) in [6, 6.07) is 11.0. The standard InChI is InChI=1S/C27H22F4N2O7/c1-26(2,3)40-25(38)39-24(37)32-16-10-7-14(8-11-16)17-5-4-6-18(21(17)23(35)36)22(34)33-20-12-9-15(13-19(20)28)27(29,30)31/h4-13H,1-3H3,(H,32,37)(H,33,34)(H,35,36). The Morgan fingerprint density at radius 1 is 0.875 bits per heavy atom. The van der Waals surface area contributed by atoms with Gasteiger partial charge in [0.1, 0.15) is 11.4 Å². The fraction of sp³-hybridized carbons (Fsp3) is 0.185. The van der Waals surface area contributed by atoms with Gasteiger partial charge in [-0.25, -0.2) is 18.8 Å². The topological polar surface area (TPSA) is 131 Å². The predicted octanol–water partition coefficient (Wildman–Crippen LogP) is 6.95. The van der Waals surface area contributed by atoms with Crippen molar-refractivity contribution in [3.05, 3.63) is 83.2 Å². The van der Waals surface area contributed by atoms with E-state index in [2.05, 4.69) is 15.4 Å². The Morgan fingerprint density at radius 3 is 2.08 bits per heavy atom. The van der Waals surface area contributed by atoms with Gasteiger partial charge in [0.05, 0.1) is 22.4 Å². The summed E-state index contributed by atoms with van der Waals surface area (Å²) < 4.78 is 62.0. The van der Waals surface area contributed by atoms with Gasteiger partial charge < -0.3 is 19.9 Å². The van der Waals surface area contributed by atoms with Gasteiger partial charge in [-0.2, -0.15) is 13.2 Å². The van der Waals surface area contributed by atoms with E-state index in [1.54, 1.807) is 20.8 Å². The molecule has 2 amide bonds. The zero-order valence-electron chi connectivity index (χ0n) is 21.2. The number of amides is 2. The van der Waals surface area contributed by atoms with Crippen molar-refractivity contribution in [3.63, 3.8) is 0 Å². The van der Waals surface area contributed by atoms with E-state index < -0.39 is 58.5 Å². The van der Waals surface area contributed by atoms with Crippen LogP contribution in [-0.4, -0.2) is 34.8 Å². The second-order valence-electron chi connectivity index (χ2n) is 9.24. The minimum absolute atomic E-state index is 0.0796. The molecule has 13 heteroatoms. The van der Waals surface area contributed by atoms with Crippen molar-refractivity contribution in [1.29, 1.82) is 0 Å². The van der Waals surface area contributed by atoms with Gasteiger partial charge in [0, 0.05) is 5.69 Å². The van der Waals surface area contributed by atoms with E-state index in [-0.39, 0.29) is 22.9 Å². The van der Waals surface area contributed by atoms with Crippen molar-refractivity contribution >= 4 is 35.5 Å². The first kappa shape index (κ1) is 29.6. The van der Waals surface area contributed by atoms with Crippen LogP contribution >= 0.6 is 0 Å². The van der Waals surface area contributed by atoms with Crippen LogP contribution < -0.4 is 10.6 Å². The van der Waals surface area contributed by atoms with Gasteiger partial charge in [-0.15, -0.1) is 0 Å². The maximum atomic E-state index is 14.2. The van der Waals surface area contributed by atoms with Crippen molar-refractivity contribution in [1.82, 2.24) is 0 Å². The van der Waals surface area contributed by atoms with E-state index >= 15 is 0 Å². The third kappa shape index (κ3) is 7.56. The van der Waals surface area contributed by atoms with Crippen molar-refractivity contribution in [3.8, 4) is 11.1 Å². The van der Waals surface area contributed by atoms with Gasteiger partial charge in [0.2, 0.25) is 0 Å². The van der Waals surface area contributed by atoms with Gasteiger partial charge in [-0.05, 0) is 68.3 Å². The lowest BCUT2D eigenvalue weighted by molar-refractivity contribution is -0.137. The zero-order chi connectivity index (χ0) is 29.8. The number of aromatic carboxylic acids is 1. The van der Waals surface area contributed by atoms with E-state index in [4.69, 9.17) is 4.74 Å². The molecule has 3 rings (SSSR count). The number of benzene rings is 3. The molecule has 0 aliphatic rings. The first-order valence-corrected chi connectivity index (χ1v) is 11.4. The van der Waals surface area contributed by atoms with Crippen LogP contribution in [0.25, 0.3) is 11.1 Å². The summed E-state index contributed by atoms with van der Waals surface area (Å²) in [6.07, 6.45) is -7.13. The Hall–Kier alpha value is -4.94. The molecule has 3 aromatic carbocycles. The lowest BCUT2D eigenvalue weighted by atomic mass is 9.94. The molecule has 0 saturated heterocycles. The smallest absolute Gasteiger partial charge is 0.478 e. The van der Waals surface area contributed by atoms with Crippen LogP contribution in [0.3, 0.4) is 0 Å². The molecule has 0 aliphatic carbocycles. The van der Waals surface area contributed by atoms with Crippen LogP contribution in [0.1, 0.15) is 47.1 Å². The van der Waals surface area contributed by atoms with E-state index in [9.17, 15) is 41.8 Å². The van der Waals surface area contributed by atoms with Crippen LogP contribution in [0.5, 0.6) is 0 Å². The molecule has 0 saturated carbocycles. The number of hydrogen-bond donors (Lipinski definition) is 3. The molecular weight excluding hydrogens is 540 g/mol. The lowest BCUT2D eigenvalue weighted by Crippen LogP contribution is -2.27. The minimum atomic E-state index is -4.79. The number of ether oxygens (including phenoxy) is 2. The van der Waals surface area contributed by atoms with Gasteiger partial charge in [0.15, 0.2) is 0 Å². The second kappa shape index (κ2) is 11.4. The summed E-state index contributed by atoms with van der Waals surface area (Å²) >= 11 is 0. The summed E-state index contributed by atoms with van der Waals surface area (Å²) in [5.74, 6) is -3.93. The molecule has 210 valence electrons. The molecule has 0 bridgehead atoms. The number of halogens is 4. The molecule has 0 spiro atoms. The highest BCUT2D eigenvalue weighted by molar-refractivity contribution is 6.13. The fourth-order valence-corrected chi connectivity index (χ4v) is 3.42. The number of carboxylic acids is 1. The van der Waals surface area contributed by atoms with Gasteiger partial charge in [-0.1, -0.05) is 24.3 Å². The molecule has 0 atom stereocenters. The molecule has 3 aromatic rings. The quantitative estimate of drug-likeness (QED) is 0.174. The second-order valence-corrected chi connectivity index (χ2v) is 9.24. The molecular formula is C27H22F4N2O7. The number of alkyl halides is 3. The predicted molar refractivity (Wildman–Crippen MR) is 135 cm³/mol. The summed E-state index contributed by atoms with van der Waals surface area (Å²) in [5.41, 5.74) is -2.99. The zero-order valence-corrected chi connectivity index (χ0v) is 21.2.